The summed E-state index contributed by atoms with van der Waals surface area (Å²) in [5.74, 6) is 0.807. The summed E-state index contributed by atoms with van der Waals surface area (Å²) in [6, 6.07) is 7.08. The average Bonchev–Trinajstić information content (AvgIpc) is 2.54. The minimum atomic E-state index is -0.00151. The Kier molecular flexibility index (Phi) is 5.16. The highest BCUT2D eigenvalue weighted by molar-refractivity contribution is 5.94. The van der Waals surface area contributed by atoms with Gasteiger partial charge in [0.15, 0.2) is 0 Å². The number of nitrogens with one attached hydrogen (secondary N) is 1. The highest BCUT2D eigenvalue weighted by Gasteiger charge is 2.24. The first kappa shape index (κ1) is 15.3. The Labute approximate surface area is 124 Å². The van der Waals surface area contributed by atoms with Crippen molar-refractivity contribution in [1.29, 1.82) is 0 Å². The monoisotopic (exact) mass is 291 g/mol. The lowest BCUT2D eigenvalue weighted by atomic mass is 10.1. The summed E-state index contributed by atoms with van der Waals surface area (Å²) in [6.07, 6.45) is 0. The molecule has 2 rings (SSSR count). The molecule has 1 fully saturated rings. The molecular weight excluding hydrogens is 270 g/mol. The normalized spacial score (nSPS) is 15.0. The first-order chi connectivity index (χ1) is 10.2. The number of carbonyl (C=O) groups excluding carboxylic acids is 2. The van der Waals surface area contributed by atoms with Crippen LogP contribution in [-0.2, 0) is 4.79 Å². The van der Waals surface area contributed by atoms with E-state index >= 15 is 0 Å². The first-order valence-corrected chi connectivity index (χ1v) is 7.01. The fourth-order valence-corrected chi connectivity index (χ4v) is 2.34. The van der Waals surface area contributed by atoms with Gasteiger partial charge in [-0.3, -0.25) is 9.59 Å². The highest BCUT2D eigenvalue weighted by Crippen LogP contribution is 2.14. The molecule has 1 aromatic rings. The molecule has 1 heterocycles. The minimum Gasteiger partial charge on any atom is -0.497 e. The standard InChI is InChI=1S/C15H21N3O3/c1-16-11-14(19)17-7-9-18(10-8-17)15(20)12-3-5-13(21-2)6-4-12/h3-6,16H,7-11H2,1-2H3. The molecule has 0 saturated carbocycles. The third-order valence-electron chi connectivity index (χ3n) is 3.58. The fraction of sp³-hybridized carbons (Fsp3) is 0.467. The summed E-state index contributed by atoms with van der Waals surface area (Å²) in [7, 11) is 3.35. The van der Waals surface area contributed by atoms with E-state index in [4.69, 9.17) is 4.74 Å². The second-order valence-corrected chi connectivity index (χ2v) is 4.93. The predicted octanol–water partition coefficient (Wildman–Crippen LogP) is 0.199. The van der Waals surface area contributed by atoms with Crippen molar-refractivity contribution < 1.29 is 14.3 Å². The third-order valence-corrected chi connectivity index (χ3v) is 3.58. The van der Waals surface area contributed by atoms with Crippen LogP contribution >= 0.6 is 0 Å². The summed E-state index contributed by atoms with van der Waals surface area (Å²) in [5, 5.41) is 2.85. The van der Waals surface area contributed by atoms with Crippen LogP contribution in [0.4, 0.5) is 0 Å². The average molecular weight is 291 g/mol. The molecule has 0 aromatic heterocycles. The van der Waals surface area contributed by atoms with Gasteiger partial charge in [0.2, 0.25) is 5.91 Å². The second-order valence-electron chi connectivity index (χ2n) is 4.93. The Balaban J connectivity index is 1.92. The van der Waals surface area contributed by atoms with E-state index in [0.29, 0.717) is 38.3 Å². The maximum Gasteiger partial charge on any atom is 0.253 e. The Hall–Kier alpha value is -2.08. The lowest BCUT2D eigenvalue weighted by molar-refractivity contribution is -0.131. The lowest BCUT2D eigenvalue weighted by Crippen LogP contribution is -2.52. The van der Waals surface area contributed by atoms with Crippen LogP contribution in [0.15, 0.2) is 24.3 Å². The molecule has 0 bridgehead atoms. The van der Waals surface area contributed by atoms with Crippen molar-refractivity contribution >= 4 is 11.8 Å². The number of rotatable bonds is 4. The van der Waals surface area contributed by atoms with Crippen LogP contribution in [0.1, 0.15) is 10.4 Å². The molecule has 114 valence electrons. The molecule has 0 radical (unpaired) electrons. The van der Waals surface area contributed by atoms with Crippen molar-refractivity contribution in [2.24, 2.45) is 0 Å². The molecule has 21 heavy (non-hydrogen) atoms. The van der Waals surface area contributed by atoms with E-state index in [1.807, 2.05) is 0 Å². The number of hydrogen-bond donors (Lipinski definition) is 1. The Morgan fingerprint density at radius 3 is 2.19 bits per heavy atom. The Bertz CT molecular complexity index is 493. The molecule has 0 atom stereocenters. The van der Waals surface area contributed by atoms with Crippen molar-refractivity contribution in [2.45, 2.75) is 0 Å². The zero-order chi connectivity index (χ0) is 15.2. The van der Waals surface area contributed by atoms with Crippen molar-refractivity contribution in [3.8, 4) is 5.75 Å². The first-order valence-electron chi connectivity index (χ1n) is 7.01. The van der Waals surface area contributed by atoms with Crippen molar-refractivity contribution in [3.63, 3.8) is 0 Å². The maximum absolute atomic E-state index is 12.4. The smallest absolute Gasteiger partial charge is 0.253 e. The van der Waals surface area contributed by atoms with Gasteiger partial charge < -0.3 is 19.9 Å². The largest absolute Gasteiger partial charge is 0.497 e. The number of methoxy groups -OCH3 is 1. The van der Waals surface area contributed by atoms with E-state index in [1.165, 1.54) is 0 Å². The predicted molar refractivity (Wildman–Crippen MR) is 79.4 cm³/mol. The molecule has 1 aliphatic rings. The van der Waals surface area contributed by atoms with Crippen LogP contribution in [-0.4, -0.2) is 68.5 Å². The summed E-state index contributed by atoms with van der Waals surface area (Å²) < 4.78 is 5.08. The van der Waals surface area contributed by atoms with Crippen LogP contribution in [0, 0.1) is 0 Å². The topological polar surface area (TPSA) is 61.9 Å². The van der Waals surface area contributed by atoms with E-state index in [0.717, 1.165) is 5.75 Å². The minimum absolute atomic E-state index is 0.00151. The van der Waals surface area contributed by atoms with E-state index in [-0.39, 0.29) is 11.8 Å². The fourth-order valence-electron chi connectivity index (χ4n) is 2.34. The van der Waals surface area contributed by atoms with Gasteiger partial charge in [0, 0.05) is 31.7 Å². The van der Waals surface area contributed by atoms with E-state index in [2.05, 4.69) is 5.32 Å². The molecule has 2 amide bonds. The summed E-state index contributed by atoms with van der Waals surface area (Å²) in [6.45, 7) is 2.65. The molecule has 1 aliphatic heterocycles. The van der Waals surface area contributed by atoms with E-state index in [1.54, 1.807) is 48.2 Å². The van der Waals surface area contributed by atoms with Crippen LogP contribution in [0.3, 0.4) is 0 Å². The number of likely N-dealkylation sites (N-methyl/N-ethyl adjacent to an activating group) is 1. The Morgan fingerprint density at radius 2 is 1.67 bits per heavy atom. The van der Waals surface area contributed by atoms with Gasteiger partial charge in [-0.15, -0.1) is 0 Å². The van der Waals surface area contributed by atoms with Crippen molar-refractivity contribution in [3.05, 3.63) is 29.8 Å². The van der Waals surface area contributed by atoms with Crippen LogP contribution in [0.25, 0.3) is 0 Å². The molecule has 1 saturated heterocycles. The number of nitrogens with zero attached hydrogens (tertiary/aromatic N) is 2. The molecule has 1 N–H and O–H groups in total. The van der Waals surface area contributed by atoms with Crippen LogP contribution in [0.5, 0.6) is 5.75 Å². The summed E-state index contributed by atoms with van der Waals surface area (Å²) in [5.41, 5.74) is 0.644. The molecule has 1 aromatic carbocycles. The van der Waals surface area contributed by atoms with Gasteiger partial charge in [-0.1, -0.05) is 0 Å². The van der Waals surface area contributed by atoms with Gasteiger partial charge in [0.25, 0.3) is 5.91 Å². The number of carbonyl (C=O) groups is 2. The number of hydrogen-bond acceptors (Lipinski definition) is 4. The number of piperazine rings is 1. The van der Waals surface area contributed by atoms with Crippen LogP contribution in [0.2, 0.25) is 0 Å². The summed E-state index contributed by atoms with van der Waals surface area (Å²) >= 11 is 0. The zero-order valence-electron chi connectivity index (χ0n) is 12.5. The van der Waals surface area contributed by atoms with Crippen LogP contribution < -0.4 is 10.1 Å². The molecule has 0 unspecified atom stereocenters. The quantitative estimate of drug-likeness (QED) is 0.861. The van der Waals surface area contributed by atoms with Gasteiger partial charge in [-0.25, -0.2) is 0 Å². The van der Waals surface area contributed by atoms with Gasteiger partial charge in [0.1, 0.15) is 5.75 Å². The molecule has 0 aliphatic carbocycles. The van der Waals surface area contributed by atoms with Gasteiger partial charge >= 0.3 is 0 Å². The Morgan fingerprint density at radius 1 is 1.10 bits per heavy atom. The maximum atomic E-state index is 12.4. The van der Waals surface area contributed by atoms with Gasteiger partial charge in [-0.2, -0.15) is 0 Å². The van der Waals surface area contributed by atoms with Crippen molar-refractivity contribution in [2.75, 3.05) is 46.9 Å². The molecular formula is C15H21N3O3. The number of amides is 2. The second kappa shape index (κ2) is 7.08. The van der Waals surface area contributed by atoms with E-state index in [9.17, 15) is 9.59 Å². The van der Waals surface area contributed by atoms with E-state index < -0.39 is 0 Å². The summed E-state index contributed by atoms with van der Waals surface area (Å²) in [4.78, 5) is 27.7. The number of benzene rings is 1. The van der Waals surface area contributed by atoms with Crippen molar-refractivity contribution in [1.82, 2.24) is 15.1 Å². The molecule has 6 nitrogen and oxygen atoms in total. The van der Waals surface area contributed by atoms with Gasteiger partial charge in [-0.05, 0) is 31.3 Å². The highest BCUT2D eigenvalue weighted by atomic mass is 16.5. The zero-order valence-corrected chi connectivity index (χ0v) is 12.5. The number of ether oxygens (including phenoxy) is 1. The SMILES string of the molecule is CNCC(=O)N1CCN(C(=O)c2ccc(OC)cc2)CC1. The third kappa shape index (κ3) is 3.72. The lowest BCUT2D eigenvalue weighted by Gasteiger charge is -2.34. The van der Waals surface area contributed by atoms with Gasteiger partial charge in [0.05, 0.1) is 13.7 Å². The molecule has 0 spiro atoms. The molecule has 6 heteroatoms.